The fourth-order valence-electron chi connectivity index (χ4n) is 0.854. The first-order valence-electron chi connectivity index (χ1n) is 3.42. The van der Waals surface area contributed by atoms with E-state index in [9.17, 15) is 4.39 Å². The van der Waals surface area contributed by atoms with Gasteiger partial charge in [0.2, 0.25) is 0 Å². The SMILES string of the molecule is C/C=C(\F)c1cccc(N)c1. The monoisotopic (exact) mass is 151 g/mol. The number of hydrogen-bond acceptors (Lipinski definition) is 1. The molecular formula is C9H10FN. The van der Waals surface area contributed by atoms with E-state index in [0.717, 1.165) is 0 Å². The van der Waals surface area contributed by atoms with Crippen LogP contribution in [0.3, 0.4) is 0 Å². The van der Waals surface area contributed by atoms with Gasteiger partial charge in [0.25, 0.3) is 0 Å². The normalized spacial score (nSPS) is 11.6. The molecule has 0 atom stereocenters. The molecule has 1 nitrogen and oxygen atoms in total. The number of hydrogen-bond donors (Lipinski definition) is 1. The van der Waals surface area contributed by atoms with E-state index in [1.807, 2.05) is 0 Å². The third kappa shape index (κ3) is 1.80. The molecule has 1 aromatic carbocycles. The number of nitrogens with two attached hydrogens (primary N) is 1. The van der Waals surface area contributed by atoms with E-state index in [1.165, 1.54) is 6.08 Å². The molecule has 0 saturated heterocycles. The highest BCUT2D eigenvalue weighted by molar-refractivity contribution is 5.62. The van der Waals surface area contributed by atoms with Gasteiger partial charge in [-0.15, -0.1) is 0 Å². The van der Waals surface area contributed by atoms with Gasteiger partial charge < -0.3 is 5.73 Å². The number of benzene rings is 1. The lowest BCUT2D eigenvalue weighted by Crippen LogP contribution is -1.85. The quantitative estimate of drug-likeness (QED) is 0.613. The maximum atomic E-state index is 12.8. The minimum Gasteiger partial charge on any atom is -0.399 e. The Balaban J connectivity index is 3.06. The van der Waals surface area contributed by atoms with Crippen molar-refractivity contribution in [3.05, 3.63) is 35.9 Å². The summed E-state index contributed by atoms with van der Waals surface area (Å²) in [5.41, 5.74) is 6.57. The van der Waals surface area contributed by atoms with Crippen LogP contribution in [0.2, 0.25) is 0 Å². The van der Waals surface area contributed by atoms with Crippen LogP contribution >= 0.6 is 0 Å². The van der Waals surface area contributed by atoms with Crippen molar-refractivity contribution in [1.82, 2.24) is 0 Å². The van der Waals surface area contributed by atoms with Crippen molar-refractivity contribution in [1.29, 1.82) is 0 Å². The fourth-order valence-corrected chi connectivity index (χ4v) is 0.854. The maximum Gasteiger partial charge on any atom is 0.126 e. The molecule has 0 fully saturated rings. The van der Waals surface area contributed by atoms with Gasteiger partial charge in [-0.25, -0.2) is 4.39 Å². The number of anilines is 1. The zero-order chi connectivity index (χ0) is 8.27. The standard InChI is InChI=1S/C9H10FN/c1-2-9(10)7-4-3-5-8(11)6-7/h2-6H,11H2,1H3/b9-2-. The second kappa shape index (κ2) is 3.19. The van der Waals surface area contributed by atoms with Gasteiger partial charge in [-0.3, -0.25) is 0 Å². The van der Waals surface area contributed by atoms with Crippen LogP contribution in [0.1, 0.15) is 12.5 Å². The van der Waals surface area contributed by atoms with Crippen molar-refractivity contribution in [2.75, 3.05) is 5.73 Å². The number of rotatable bonds is 1. The minimum absolute atomic E-state index is 0.239. The maximum absolute atomic E-state index is 12.8. The molecule has 1 rings (SSSR count). The molecule has 0 aliphatic heterocycles. The summed E-state index contributed by atoms with van der Waals surface area (Å²) in [4.78, 5) is 0. The van der Waals surface area contributed by atoms with Crippen molar-refractivity contribution >= 4 is 11.5 Å². The summed E-state index contributed by atoms with van der Waals surface area (Å²) < 4.78 is 12.8. The Morgan fingerprint density at radius 3 is 2.82 bits per heavy atom. The number of allylic oxidation sites excluding steroid dienone is 1. The predicted octanol–water partition coefficient (Wildman–Crippen LogP) is 2.60. The molecule has 0 radical (unpaired) electrons. The van der Waals surface area contributed by atoms with Crippen molar-refractivity contribution in [2.45, 2.75) is 6.92 Å². The van der Waals surface area contributed by atoms with Crippen LogP contribution in [0.5, 0.6) is 0 Å². The van der Waals surface area contributed by atoms with Crippen molar-refractivity contribution in [3.63, 3.8) is 0 Å². The molecule has 0 aromatic heterocycles. The van der Waals surface area contributed by atoms with Crippen molar-refractivity contribution < 1.29 is 4.39 Å². The summed E-state index contributed by atoms with van der Waals surface area (Å²) in [6.07, 6.45) is 1.41. The van der Waals surface area contributed by atoms with Crippen LogP contribution in [0.25, 0.3) is 5.83 Å². The highest BCUT2D eigenvalue weighted by atomic mass is 19.1. The summed E-state index contributed by atoms with van der Waals surface area (Å²) in [5.74, 6) is -0.239. The fraction of sp³-hybridized carbons (Fsp3) is 0.111. The summed E-state index contributed by atoms with van der Waals surface area (Å²) in [6.45, 7) is 1.65. The van der Waals surface area contributed by atoms with E-state index in [0.29, 0.717) is 11.3 Å². The van der Waals surface area contributed by atoms with Crippen LogP contribution in [-0.2, 0) is 0 Å². The van der Waals surface area contributed by atoms with E-state index in [4.69, 9.17) is 5.73 Å². The number of halogens is 1. The molecule has 0 aliphatic rings. The van der Waals surface area contributed by atoms with Crippen molar-refractivity contribution in [2.24, 2.45) is 0 Å². The first-order valence-corrected chi connectivity index (χ1v) is 3.42. The molecule has 2 heteroatoms. The summed E-state index contributed by atoms with van der Waals surface area (Å²) in [6, 6.07) is 6.75. The third-order valence-electron chi connectivity index (χ3n) is 1.42. The first-order chi connectivity index (χ1) is 5.24. The van der Waals surface area contributed by atoms with Gasteiger partial charge in [0.15, 0.2) is 0 Å². The Morgan fingerprint density at radius 2 is 2.27 bits per heavy atom. The van der Waals surface area contributed by atoms with E-state index in [-0.39, 0.29) is 5.83 Å². The Kier molecular flexibility index (Phi) is 2.26. The summed E-state index contributed by atoms with van der Waals surface area (Å²) in [7, 11) is 0. The van der Waals surface area contributed by atoms with Gasteiger partial charge >= 0.3 is 0 Å². The molecule has 58 valence electrons. The van der Waals surface area contributed by atoms with Gasteiger partial charge in [-0.2, -0.15) is 0 Å². The molecule has 0 spiro atoms. The Labute approximate surface area is 65.3 Å². The van der Waals surface area contributed by atoms with Crippen molar-refractivity contribution in [3.8, 4) is 0 Å². The van der Waals surface area contributed by atoms with E-state index in [1.54, 1.807) is 31.2 Å². The number of nitrogen functional groups attached to an aromatic ring is 1. The molecule has 0 aliphatic carbocycles. The molecule has 0 saturated carbocycles. The van der Waals surface area contributed by atoms with Crippen LogP contribution in [0, 0.1) is 0 Å². The van der Waals surface area contributed by atoms with Gasteiger partial charge in [0.1, 0.15) is 5.83 Å². The van der Waals surface area contributed by atoms with E-state index < -0.39 is 0 Å². The lowest BCUT2D eigenvalue weighted by atomic mass is 10.2. The minimum atomic E-state index is -0.239. The van der Waals surface area contributed by atoms with Gasteiger partial charge in [0.05, 0.1) is 0 Å². The third-order valence-corrected chi connectivity index (χ3v) is 1.42. The van der Waals surface area contributed by atoms with E-state index in [2.05, 4.69) is 0 Å². The first kappa shape index (κ1) is 7.79. The molecular weight excluding hydrogens is 141 g/mol. The zero-order valence-electron chi connectivity index (χ0n) is 6.34. The van der Waals surface area contributed by atoms with E-state index >= 15 is 0 Å². The average Bonchev–Trinajstić information content (AvgIpc) is 2.03. The predicted molar refractivity (Wildman–Crippen MR) is 45.6 cm³/mol. The second-order valence-corrected chi connectivity index (χ2v) is 2.26. The topological polar surface area (TPSA) is 26.0 Å². The molecule has 0 bridgehead atoms. The summed E-state index contributed by atoms with van der Waals surface area (Å²) in [5, 5.41) is 0. The molecule has 1 aromatic rings. The van der Waals surface area contributed by atoms with Gasteiger partial charge in [-0.1, -0.05) is 18.2 Å². The van der Waals surface area contributed by atoms with Gasteiger partial charge in [-0.05, 0) is 19.1 Å². The summed E-state index contributed by atoms with van der Waals surface area (Å²) >= 11 is 0. The zero-order valence-corrected chi connectivity index (χ0v) is 6.34. The molecule has 2 N–H and O–H groups in total. The van der Waals surface area contributed by atoms with Crippen LogP contribution in [-0.4, -0.2) is 0 Å². The lowest BCUT2D eigenvalue weighted by Gasteiger charge is -1.97. The Hall–Kier alpha value is -1.31. The highest BCUT2D eigenvalue weighted by Gasteiger charge is 1.96. The lowest BCUT2D eigenvalue weighted by molar-refractivity contribution is 0.758. The smallest absolute Gasteiger partial charge is 0.126 e. The largest absolute Gasteiger partial charge is 0.399 e. The Morgan fingerprint density at radius 1 is 1.55 bits per heavy atom. The van der Waals surface area contributed by atoms with Crippen LogP contribution in [0.4, 0.5) is 10.1 Å². The molecule has 11 heavy (non-hydrogen) atoms. The highest BCUT2D eigenvalue weighted by Crippen LogP contribution is 2.17. The molecule has 0 heterocycles. The molecule has 0 unspecified atom stereocenters. The average molecular weight is 151 g/mol. The second-order valence-electron chi connectivity index (χ2n) is 2.26. The molecule has 0 amide bonds. The van der Waals surface area contributed by atoms with Crippen LogP contribution in [0.15, 0.2) is 30.3 Å². The van der Waals surface area contributed by atoms with Crippen LogP contribution < -0.4 is 5.73 Å². The van der Waals surface area contributed by atoms with Gasteiger partial charge in [0, 0.05) is 11.3 Å². The Bertz CT molecular complexity index is 279.